The zero-order valence-corrected chi connectivity index (χ0v) is 11.1. The molecule has 1 amide bonds. The van der Waals surface area contributed by atoms with Crippen molar-refractivity contribution in [3.63, 3.8) is 0 Å². The van der Waals surface area contributed by atoms with Gasteiger partial charge in [0, 0.05) is 17.6 Å². The van der Waals surface area contributed by atoms with Crippen molar-refractivity contribution in [2.24, 2.45) is 11.8 Å². The summed E-state index contributed by atoms with van der Waals surface area (Å²) in [5.74, 6) is -3.59. The fourth-order valence-electron chi connectivity index (χ4n) is 2.27. The van der Waals surface area contributed by atoms with E-state index >= 15 is 0 Å². The summed E-state index contributed by atoms with van der Waals surface area (Å²) in [6.07, 6.45) is 4.14. The molecule has 106 valence electrons. The summed E-state index contributed by atoms with van der Waals surface area (Å²) in [4.78, 5) is 23.2. The van der Waals surface area contributed by atoms with E-state index in [1.54, 1.807) is 31.2 Å². The lowest BCUT2D eigenvalue weighted by molar-refractivity contribution is -0.313. The number of aliphatic carboxylic acids is 1. The monoisotopic (exact) mass is 276 g/mol. The zero-order valence-electron chi connectivity index (χ0n) is 11.1. The summed E-state index contributed by atoms with van der Waals surface area (Å²) in [7, 11) is 0. The largest absolute Gasteiger partial charge is 0.550 e. The van der Waals surface area contributed by atoms with Gasteiger partial charge in [0.2, 0.25) is 5.91 Å². The van der Waals surface area contributed by atoms with E-state index in [9.17, 15) is 19.1 Å². The van der Waals surface area contributed by atoms with Gasteiger partial charge in [-0.15, -0.1) is 0 Å². The summed E-state index contributed by atoms with van der Waals surface area (Å²) in [6.45, 7) is 1.62. The Morgan fingerprint density at radius 2 is 1.90 bits per heavy atom. The normalized spacial score (nSPS) is 21.5. The van der Waals surface area contributed by atoms with Crippen LogP contribution in [0.4, 0.5) is 10.1 Å². The summed E-state index contributed by atoms with van der Waals surface area (Å²) in [5, 5.41) is 13.6. The van der Waals surface area contributed by atoms with Crippen molar-refractivity contribution in [1.82, 2.24) is 0 Å². The van der Waals surface area contributed by atoms with Gasteiger partial charge in [-0.2, -0.15) is 0 Å². The van der Waals surface area contributed by atoms with Crippen LogP contribution in [0.15, 0.2) is 30.4 Å². The molecule has 0 unspecified atom stereocenters. The van der Waals surface area contributed by atoms with Crippen LogP contribution in [0.5, 0.6) is 0 Å². The number of amides is 1. The number of nitrogens with one attached hydrogen (secondary N) is 1. The number of benzene rings is 1. The number of halogens is 1. The molecule has 0 heterocycles. The predicted molar refractivity (Wildman–Crippen MR) is 70.1 cm³/mol. The molecule has 1 N–H and O–H groups in total. The van der Waals surface area contributed by atoms with E-state index in [0.717, 1.165) is 0 Å². The first-order chi connectivity index (χ1) is 9.49. The van der Waals surface area contributed by atoms with Crippen molar-refractivity contribution in [2.75, 3.05) is 5.32 Å². The highest BCUT2D eigenvalue weighted by atomic mass is 19.1. The van der Waals surface area contributed by atoms with Gasteiger partial charge >= 0.3 is 0 Å². The van der Waals surface area contributed by atoms with Crippen molar-refractivity contribution in [3.8, 4) is 0 Å². The Hall–Kier alpha value is -2.17. The minimum atomic E-state index is -1.23. The van der Waals surface area contributed by atoms with Crippen molar-refractivity contribution >= 4 is 17.6 Å². The third kappa shape index (κ3) is 3.04. The summed E-state index contributed by atoms with van der Waals surface area (Å²) in [5.41, 5.74) is 0.806. The number of allylic oxidation sites excluding steroid dienone is 2. The molecule has 1 aromatic rings. The Morgan fingerprint density at radius 3 is 2.50 bits per heavy atom. The molecule has 1 aromatic carbocycles. The summed E-state index contributed by atoms with van der Waals surface area (Å²) >= 11 is 0. The van der Waals surface area contributed by atoms with E-state index in [1.807, 2.05) is 0 Å². The van der Waals surface area contributed by atoms with Gasteiger partial charge in [-0.1, -0.05) is 18.2 Å². The molecule has 20 heavy (non-hydrogen) atoms. The Kier molecular flexibility index (Phi) is 4.17. The van der Waals surface area contributed by atoms with Crippen molar-refractivity contribution in [3.05, 3.63) is 41.7 Å². The smallest absolute Gasteiger partial charge is 0.228 e. The molecule has 1 aliphatic carbocycles. The van der Waals surface area contributed by atoms with Gasteiger partial charge in [-0.3, -0.25) is 4.79 Å². The molecule has 0 aliphatic heterocycles. The molecule has 0 radical (unpaired) electrons. The minimum absolute atomic E-state index is 0.280. The van der Waals surface area contributed by atoms with E-state index in [4.69, 9.17) is 0 Å². The highest BCUT2D eigenvalue weighted by Gasteiger charge is 2.29. The molecule has 4 nitrogen and oxygen atoms in total. The van der Waals surface area contributed by atoms with Crippen LogP contribution in [0.1, 0.15) is 18.4 Å². The number of carboxylic acid groups (broad SMARTS) is 1. The van der Waals surface area contributed by atoms with Crippen molar-refractivity contribution < 1.29 is 19.1 Å². The highest BCUT2D eigenvalue weighted by molar-refractivity contribution is 5.95. The van der Waals surface area contributed by atoms with Gasteiger partial charge in [0.25, 0.3) is 0 Å². The van der Waals surface area contributed by atoms with E-state index in [1.165, 1.54) is 6.07 Å². The van der Waals surface area contributed by atoms with Crippen LogP contribution < -0.4 is 10.4 Å². The standard InChI is InChI=1S/C15H16FNO3/c1-9-6-7-10(8-13(9)16)17-14(18)11-4-2-3-5-12(11)15(19)20/h2-3,6-8,11-12H,4-5H2,1H3,(H,17,18)(H,19,20)/p-1/t11-,12-/m0/s1. The van der Waals surface area contributed by atoms with E-state index in [0.29, 0.717) is 17.7 Å². The van der Waals surface area contributed by atoms with Crippen LogP contribution in [-0.4, -0.2) is 11.9 Å². The lowest BCUT2D eigenvalue weighted by atomic mass is 9.82. The van der Waals surface area contributed by atoms with Crippen LogP contribution in [0, 0.1) is 24.6 Å². The second kappa shape index (κ2) is 5.86. The van der Waals surface area contributed by atoms with Gasteiger partial charge < -0.3 is 15.2 Å². The maximum atomic E-state index is 13.4. The third-order valence-corrected chi connectivity index (χ3v) is 3.51. The van der Waals surface area contributed by atoms with Gasteiger partial charge in [0.05, 0.1) is 5.92 Å². The molecule has 2 atom stereocenters. The zero-order chi connectivity index (χ0) is 14.7. The molecular formula is C15H15FNO3-. The topological polar surface area (TPSA) is 69.2 Å². The van der Waals surface area contributed by atoms with E-state index in [2.05, 4.69) is 5.32 Å². The third-order valence-electron chi connectivity index (χ3n) is 3.51. The number of anilines is 1. The maximum Gasteiger partial charge on any atom is 0.228 e. The number of rotatable bonds is 3. The minimum Gasteiger partial charge on any atom is -0.550 e. The van der Waals surface area contributed by atoms with Crippen LogP contribution in [-0.2, 0) is 9.59 Å². The van der Waals surface area contributed by atoms with E-state index < -0.39 is 29.5 Å². The van der Waals surface area contributed by atoms with Gasteiger partial charge in [-0.05, 0) is 37.5 Å². The average Bonchev–Trinajstić information content (AvgIpc) is 2.43. The Morgan fingerprint density at radius 1 is 1.25 bits per heavy atom. The predicted octanol–water partition coefficient (Wildman–Crippen LogP) is 1.40. The molecule has 0 saturated heterocycles. The molecule has 1 aliphatic rings. The number of hydrogen-bond donors (Lipinski definition) is 1. The van der Waals surface area contributed by atoms with E-state index in [-0.39, 0.29) is 6.42 Å². The van der Waals surface area contributed by atoms with Gasteiger partial charge in [-0.25, -0.2) is 4.39 Å². The van der Waals surface area contributed by atoms with Gasteiger partial charge in [0.1, 0.15) is 5.82 Å². The molecule has 0 fully saturated rings. The second-order valence-corrected chi connectivity index (χ2v) is 4.93. The summed E-state index contributed by atoms with van der Waals surface area (Å²) in [6, 6.07) is 4.37. The Bertz CT molecular complexity index is 568. The van der Waals surface area contributed by atoms with Crippen molar-refractivity contribution in [1.29, 1.82) is 0 Å². The Labute approximate surface area is 116 Å². The van der Waals surface area contributed by atoms with Gasteiger partial charge in [0.15, 0.2) is 0 Å². The lowest BCUT2D eigenvalue weighted by Crippen LogP contribution is -2.41. The van der Waals surface area contributed by atoms with Crippen LogP contribution in [0.3, 0.4) is 0 Å². The number of aryl methyl sites for hydroxylation is 1. The van der Waals surface area contributed by atoms with Crippen molar-refractivity contribution in [2.45, 2.75) is 19.8 Å². The molecule has 0 aromatic heterocycles. The molecule has 0 spiro atoms. The van der Waals surface area contributed by atoms with Crippen LogP contribution in [0.2, 0.25) is 0 Å². The number of hydrogen-bond acceptors (Lipinski definition) is 3. The quantitative estimate of drug-likeness (QED) is 0.848. The maximum absolute atomic E-state index is 13.4. The number of carbonyl (C=O) groups is 2. The fraction of sp³-hybridized carbons (Fsp3) is 0.333. The summed E-state index contributed by atoms with van der Waals surface area (Å²) < 4.78 is 13.4. The number of carboxylic acids is 1. The first-order valence-electron chi connectivity index (χ1n) is 6.42. The lowest BCUT2D eigenvalue weighted by Gasteiger charge is -2.28. The molecule has 0 saturated carbocycles. The molecule has 2 rings (SSSR count). The van der Waals surface area contributed by atoms with Crippen LogP contribution >= 0.6 is 0 Å². The average molecular weight is 276 g/mol. The molecule has 0 bridgehead atoms. The molecule has 5 heteroatoms. The first-order valence-corrected chi connectivity index (χ1v) is 6.42. The first kappa shape index (κ1) is 14.2. The SMILES string of the molecule is Cc1ccc(NC(=O)[C@H]2CC=CC[C@@H]2C(=O)[O-])cc1F. The van der Waals surface area contributed by atoms with Crippen LogP contribution in [0.25, 0.3) is 0 Å². The highest BCUT2D eigenvalue weighted by Crippen LogP contribution is 2.26. The Balaban J connectivity index is 2.12. The number of carbonyl (C=O) groups excluding carboxylic acids is 2. The fourth-order valence-corrected chi connectivity index (χ4v) is 2.27. The second-order valence-electron chi connectivity index (χ2n) is 4.93. The molecular weight excluding hydrogens is 261 g/mol.